The third-order valence-corrected chi connectivity index (χ3v) is 3.11. The molecule has 0 amide bonds. The molecule has 0 aliphatic heterocycles. The summed E-state index contributed by atoms with van der Waals surface area (Å²) in [5.41, 5.74) is 3.06. The number of nitrogens with one attached hydrogen (secondary N) is 1. The van der Waals surface area contributed by atoms with Crippen LogP contribution in [-0.4, -0.2) is 18.8 Å². The van der Waals surface area contributed by atoms with Crippen LogP contribution in [0.15, 0.2) is 48.5 Å². The Hall–Kier alpha value is -2.00. The van der Waals surface area contributed by atoms with E-state index in [1.807, 2.05) is 55.5 Å². The normalized spacial score (nSPS) is 11.9. The lowest BCUT2D eigenvalue weighted by atomic mass is 10.1. The average Bonchev–Trinajstić information content (AvgIpc) is 2.46. The van der Waals surface area contributed by atoms with Crippen molar-refractivity contribution < 1.29 is 9.84 Å². The fourth-order valence-electron chi connectivity index (χ4n) is 1.94. The molecule has 0 heterocycles. The number of rotatable bonds is 5. The van der Waals surface area contributed by atoms with E-state index in [4.69, 9.17) is 4.74 Å². The molecule has 1 unspecified atom stereocenters. The molecule has 0 spiro atoms. The predicted octanol–water partition coefficient (Wildman–Crippen LogP) is 3.15. The highest BCUT2D eigenvalue weighted by molar-refractivity contribution is 5.50. The molecule has 3 nitrogen and oxygen atoms in total. The van der Waals surface area contributed by atoms with E-state index in [1.165, 1.54) is 5.56 Å². The van der Waals surface area contributed by atoms with Crippen molar-refractivity contribution in [3.8, 4) is 5.75 Å². The Balaban J connectivity index is 2.01. The predicted molar refractivity (Wildman–Crippen MR) is 77.6 cm³/mol. The molecule has 1 atom stereocenters. The van der Waals surface area contributed by atoms with Gasteiger partial charge >= 0.3 is 0 Å². The first kappa shape index (κ1) is 13.4. The van der Waals surface area contributed by atoms with E-state index in [0.717, 1.165) is 17.0 Å². The first-order chi connectivity index (χ1) is 9.20. The second-order valence-corrected chi connectivity index (χ2v) is 4.49. The van der Waals surface area contributed by atoms with Crippen LogP contribution < -0.4 is 10.1 Å². The first-order valence-electron chi connectivity index (χ1n) is 6.32. The SMILES string of the molecule is COc1cccc(C(O)CNc2ccccc2C)c1. The Labute approximate surface area is 113 Å². The zero-order chi connectivity index (χ0) is 13.7. The summed E-state index contributed by atoms with van der Waals surface area (Å²) in [6.45, 7) is 2.51. The lowest BCUT2D eigenvalue weighted by Crippen LogP contribution is -2.12. The molecule has 0 saturated carbocycles. The number of aryl methyl sites for hydroxylation is 1. The standard InChI is InChI=1S/C16H19NO2/c1-12-6-3-4-9-15(12)17-11-16(18)13-7-5-8-14(10-13)19-2/h3-10,16-18H,11H2,1-2H3. The van der Waals surface area contributed by atoms with Crippen LogP contribution in [0.5, 0.6) is 5.75 Å². The van der Waals surface area contributed by atoms with Crippen molar-refractivity contribution in [2.45, 2.75) is 13.0 Å². The summed E-state index contributed by atoms with van der Waals surface area (Å²) in [5, 5.41) is 13.4. The summed E-state index contributed by atoms with van der Waals surface area (Å²) in [4.78, 5) is 0. The molecule has 0 radical (unpaired) electrons. The molecule has 100 valence electrons. The number of benzene rings is 2. The topological polar surface area (TPSA) is 41.5 Å². The van der Waals surface area contributed by atoms with Gasteiger partial charge in [-0.1, -0.05) is 30.3 Å². The van der Waals surface area contributed by atoms with Crippen LogP contribution in [0.1, 0.15) is 17.2 Å². The van der Waals surface area contributed by atoms with E-state index < -0.39 is 6.10 Å². The second-order valence-electron chi connectivity index (χ2n) is 4.49. The van der Waals surface area contributed by atoms with E-state index in [9.17, 15) is 5.11 Å². The van der Waals surface area contributed by atoms with Gasteiger partial charge in [-0.15, -0.1) is 0 Å². The molecule has 2 aromatic carbocycles. The average molecular weight is 257 g/mol. The highest BCUT2D eigenvalue weighted by Crippen LogP contribution is 2.20. The molecule has 2 N–H and O–H groups in total. The van der Waals surface area contributed by atoms with Crippen molar-refractivity contribution in [1.82, 2.24) is 0 Å². The number of ether oxygens (including phenoxy) is 1. The second kappa shape index (κ2) is 6.25. The van der Waals surface area contributed by atoms with Crippen molar-refractivity contribution in [1.29, 1.82) is 0 Å². The lowest BCUT2D eigenvalue weighted by molar-refractivity contribution is 0.191. The van der Waals surface area contributed by atoms with Crippen LogP contribution in [0.25, 0.3) is 0 Å². The van der Waals surface area contributed by atoms with Gasteiger partial charge in [0.25, 0.3) is 0 Å². The summed E-state index contributed by atoms with van der Waals surface area (Å²) in [6.07, 6.45) is -0.560. The minimum Gasteiger partial charge on any atom is -0.497 e. The lowest BCUT2D eigenvalue weighted by Gasteiger charge is -2.15. The fraction of sp³-hybridized carbons (Fsp3) is 0.250. The first-order valence-corrected chi connectivity index (χ1v) is 6.32. The smallest absolute Gasteiger partial charge is 0.119 e. The number of hydrogen-bond donors (Lipinski definition) is 2. The molecule has 3 heteroatoms. The van der Waals surface area contributed by atoms with Crippen molar-refractivity contribution in [3.05, 3.63) is 59.7 Å². The minimum atomic E-state index is -0.560. The Kier molecular flexibility index (Phi) is 4.42. The van der Waals surface area contributed by atoms with Gasteiger partial charge in [0, 0.05) is 12.2 Å². The molecule has 0 saturated heterocycles. The Morgan fingerprint density at radius 3 is 2.68 bits per heavy atom. The quantitative estimate of drug-likeness (QED) is 0.864. The number of aliphatic hydroxyl groups is 1. The zero-order valence-corrected chi connectivity index (χ0v) is 11.3. The molecular weight excluding hydrogens is 238 g/mol. The minimum absolute atomic E-state index is 0.470. The van der Waals surface area contributed by atoms with E-state index in [0.29, 0.717) is 6.54 Å². The summed E-state index contributed by atoms with van der Waals surface area (Å²) in [5.74, 6) is 0.757. The van der Waals surface area contributed by atoms with E-state index in [2.05, 4.69) is 5.32 Å². The van der Waals surface area contributed by atoms with Gasteiger partial charge in [0.1, 0.15) is 5.75 Å². The molecule has 2 rings (SSSR count). The molecule has 0 aromatic heterocycles. The Morgan fingerprint density at radius 2 is 1.95 bits per heavy atom. The van der Waals surface area contributed by atoms with Gasteiger partial charge in [0.05, 0.1) is 13.2 Å². The van der Waals surface area contributed by atoms with Gasteiger partial charge in [-0.05, 0) is 36.2 Å². The third-order valence-electron chi connectivity index (χ3n) is 3.11. The number of para-hydroxylation sites is 1. The molecule has 0 aliphatic rings. The summed E-state index contributed by atoms with van der Waals surface area (Å²) in [7, 11) is 1.62. The number of methoxy groups -OCH3 is 1. The number of anilines is 1. The van der Waals surface area contributed by atoms with Crippen LogP contribution in [0.3, 0.4) is 0 Å². The zero-order valence-electron chi connectivity index (χ0n) is 11.3. The van der Waals surface area contributed by atoms with Crippen molar-refractivity contribution in [2.75, 3.05) is 19.0 Å². The van der Waals surface area contributed by atoms with Crippen LogP contribution in [0, 0.1) is 6.92 Å². The molecule has 19 heavy (non-hydrogen) atoms. The fourth-order valence-corrected chi connectivity index (χ4v) is 1.94. The van der Waals surface area contributed by atoms with Gasteiger partial charge in [-0.3, -0.25) is 0 Å². The molecule has 2 aromatic rings. The van der Waals surface area contributed by atoms with Gasteiger partial charge in [-0.25, -0.2) is 0 Å². The summed E-state index contributed by atoms with van der Waals surface area (Å²) in [6, 6.07) is 15.5. The third kappa shape index (κ3) is 3.48. The molecular formula is C16H19NO2. The van der Waals surface area contributed by atoms with Crippen LogP contribution in [-0.2, 0) is 0 Å². The van der Waals surface area contributed by atoms with Gasteiger partial charge < -0.3 is 15.2 Å². The highest BCUT2D eigenvalue weighted by Gasteiger charge is 2.08. The molecule has 0 aliphatic carbocycles. The van der Waals surface area contributed by atoms with Gasteiger partial charge in [0.15, 0.2) is 0 Å². The van der Waals surface area contributed by atoms with E-state index >= 15 is 0 Å². The van der Waals surface area contributed by atoms with Crippen molar-refractivity contribution >= 4 is 5.69 Å². The van der Waals surface area contributed by atoms with Gasteiger partial charge in [0.2, 0.25) is 0 Å². The van der Waals surface area contributed by atoms with Crippen LogP contribution >= 0.6 is 0 Å². The van der Waals surface area contributed by atoms with Crippen molar-refractivity contribution in [3.63, 3.8) is 0 Å². The Bertz CT molecular complexity index is 540. The van der Waals surface area contributed by atoms with Crippen molar-refractivity contribution in [2.24, 2.45) is 0 Å². The highest BCUT2D eigenvalue weighted by atomic mass is 16.5. The largest absolute Gasteiger partial charge is 0.497 e. The molecule has 0 fully saturated rings. The van der Waals surface area contributed by atoms with Gasteiger partial charge in [-0.2, -0.15) is 0 Å². The maximum absolute atomic E-state index is 10.2. The van der Waals surface area contributed by atoms with E-state index in [1.54, 1.807) is 7.11 Å². The number of hydrogen-bond acceptors (Lipinski definition) is 3. The maximum atomic E-state index is 10.2. The Morgan fingerprint density at radius 1 is 1.16 bits per heavy atom. The van der Waals surface area contributed by atoms with Crippen LogP contribution in [0.2, 0.25) is 0 Å². The van der Waals surface area contributed by atoms with Crippen LogP contribution in [0.4, 0.5) is 5.69 Å². The van der Waals surface area contributed by atoms with E-state index in [-0.39, 0.29) is 0 Å². The maximum Gasteiger partial charge on any atom is 0.119 e. The monoisotopic (exact) mass is 257 g/mol. The molecule has 0 bridgehead atoms. The summed E-state index contributed by atoms with van der Waals surface area (Å²) < 4.78 is 5.16. The summed E-state index contributed by atoms with van der Waals surface area (Å²) >= 11 is 0. The number of aliphatic hydroxyl groups excluding tert-OH is 1.